The molecule has 2 bridgehead atoms. The fourth-order valence-corrected chi connectivity index (χ4v) is 5.99. The lowest BCUT2D eigenvalue weighted by molar-refractivity contribution is 0.0859. The first-order valence-corrected chi connectivity index (χ1v) is 12.9. The fourth-order valence-electron chi connectivity index (χ4n) is 5.99. The van der Waals surface area contributed by atoms with Gasteiger partial charge < -0.3 is 11.1 Å². The Bertz CT molecular complexity index is 1240. The van der Waals surface area contributed by atoms with Gasteiger partial charge in [0.05, 0.1) is 0 Å². The highest BCUT2D eigenvalue weighted by Gasteiger charge is 2.42. The molecule has 1 amide bonds. The lowest BCUT2D eigenvalue weighted by Crippen LogP contribution is -2.47. The molecule has 3 N–H and O–H groups in total. The summed E-state index contributed by atoms with van der Waals surface area (Å²) in [5, 5.41) is 2.99. The zero-order valence-corrected chi connectivity index (χ0v) is 20.7. The predicted molar refractivity (Wildman–Crippen MR) is 137 cm³/mol. The molecule has 7 heteroatoms. The van der Waals surface area contributed by atoms with Crippen molar-refractivity contribution >= 4 is 5.91 Å². The fraction of sp³-hybridized carbons (Fsp3) is 0.367. The average molecular weight is 508 g/mol. The molecule has 2 aliphatic heterocycles. The van der Waals surface area contributed by atoms with Crippen molar-refractivity contribution in [3.8, 4) is 0 Å². The molecule has 2 saturated heterocycles. The van der Waals surface area contributed by atoms with E-state index in [0.29, 0.717) is 30.3 Å². The van der Waals surface area contributed by atoms with Gasteiger partial charge in [-0.1, -0.05) is 42.5 Å². The summed E-state index contributed by atoms with van der Waals surface area (Å²) in [6, 6.07) is 19.5. The van der Waals surface area contributed by atoms with Gasteiger partial charge in [-0.15, -0.1) is 0 Å². The third-order valence-electron chi connectivity index (χ3n) is 7.92. The molecular weight excluding hydrogens is 475 g/mol. The third kappa shape index (κ3) is 5.89. The lowest BCUT2D eigenvalue weighted by Gasteiger charge is -2.41. The number of amides is 1. The van der Waals surface area contributed by atoms with Crippen molar-refractivity contribution in [3.05, 3.63) is 106 Å². The normalized spacial score (nSPS) is 22.1. The van der Waals surface area contributed by atoms with E-state index in [1.807, 2.05) is 30.3 Å². The second-order valence-electron chi connectivity index (χ2n) is 10.4. The van der Waals surface area contributed by atoms with E-state index >= 15 is 0 Å². The van der Waals surface area contributed by atoms with Crippen molar-refractivity contribution in [1.29, 1.82) is 0 Å². The first-order chi connectivity index (χ1) is 17.9. The summed E-state index contributed by atoms with van der Waals surface area (Å²) in [6.07, 6.45) is 4.22. The van der Waals surface area contributed by atoms with Gasteiger partial charge in [0.1, 0.15) is 5.82 Å². The van der Waals surface area contributed by atoms with Crippen LogP contribution >= 0.6 is 0 Å². The minimum absolute atomic E-state index is 0.0919. The van der Waals surface area contributed by atoms with E-state index in [-0.39, 0.29) is 29.9 Å². The lowest BCUT2D eigenvalue weighted by atomic mass is 9.82. The molecule has 4 nitrogen and oxygen atoms in total. The molecule has 0 saturated carbocycles. The number of halogens is 3. The molecule has 2 heterocycles. The molecule has 194 valence electrons. The van der Waals surface area contributed by atoms with Crippen LogP contribution in [0, 0.1) is 23.4 Å². The van der Waals surface area contributed by atoms with E-state index in [4.69, 9.17) is 5.73 Å². The number of piperidine rings is 1. The molecule has 37 heavy (non-hydrogen) atoms. The van der Waals surface area contributed by atoms with Gasteiger partial charge in [-0.2, -0.15) is 0 Å². The Kier molecular flexibility index (Phi) is 7.63. The monoisotopic (exact) mass is 507 g/mol. The Hall–Kier alpha value is -3.16. The first kappa shape index (κ1) is 25.5. The van der Waals surface area contributed by atoms with Crippen molar-refractivity contribution in [2.45, 2.75) is 63.3 Å². The highest BCUT2D eigenvalue weighted by Crippen LogP contribution is 2.41. The van der Waals surface area contributed by atoms with Gasteiger partial charge in [0.15, 0.2) is 11.6 Å². The van der Waals surface area contributed by atoms with Gasteiger partial charge in [0.2, 0.25) is 0 Å². The maximum Gasteiger partial charge on any atom is 0.251 e. The summed E-state index contributed by atoms with van der Waals surface area (Å²) in [5.74, 6) is -2.84. The summed E-state index contributed by atoms with van der Waals surface area (Å²) < 4.78 is 41.1. The van der Waals surface area contributed by atoms with E-state index in [1.165, 1.54) is 5.56 Å². The van der Waals surface area contributed by atoms with Crippen molar-refractivity contribution < 1.29 is 18.0 Å². The van der Waals surface area contributed by atoms with Gasteiger partial charge in [0, 0.05) is 42.8 Å². The highest BCUT2D eigenvalue weighted by molar-refractivity contribution is 5.94. The molecular formula is C30H32F3N3O. The Morgan fingerprint density at radius 3 is 2.30 bits per heavy atom. The van der Waals surface area contributed by atoms with Crippen LogP contribution in [0.4, 0.5) is 13.2 Å². The van der Waals surface area contributed by atoms with Gasteiger partial charge in [-0.05, 0) is 72.9 Å². The minimum atomic E-state index is -1.18. The van der Waals surface area contributed by atoms with E-state index in [2.05, 4.69) is 22.3 Å². The number of nitrogens with two attached hydrogens (primary N) is 1. The number of carbonyl (C=O) groups is 1. The van der Waals surface area contributed by atoms with E-state index in [0.717, 1.165) is 43.9 Å². The molecule has 5 rings (SSSR count). The van der Waals surface area contributed by atoms with Crippen LogP contribution in [0.2, 0.25) is 0 Å². The Balaban J connectivity index is 1.18. The Morgan fingerprint density at radius 2 is 1.57 bits per heavy atom. The molecule has 3 aromatic rings. The molecule has 3 aromatic carbocycles. The topological polar surface area (TPSA) is 58.4 Å². The van der Waals surface area contributed by atoms with Gasteiger partial charge in [0.25, 0.3) is 5.91 Å². The van der Waals surface area contributed by atoms with Crippen LogP contribution in [0.1, 0.15) is 52.7 Å². The second-order valence-corrected chi connectivity index (χ2v) is 10.4. The second kappa shape index (κ2) is 11.1. The maximum atomic E-state index is 14.2. The molecule has 4 atom stereocenters. The SMILES string of the molecule is N[C@H](Cc1cc(F)c(F)cc1F)C1C[C@H]2CC[C@@H](C1)N2Cc1cccc(CNC(=O)c2ccccc2)c1. The first-order valence-electron chi connectivity index (χ1n) is 12.9. The molecule has 2 aliphatic rings. The predicted octanol–water partition coefficient (Wildman–Crippen LogP) is 5.35. The number of nitrogens with one attached hydrogen (secondary N) is 1. The van der Waals surface area contributed by atoms with Crippen molar-refractivity contribution in [2.75, 3.05) is 0 Å². The van der Waals surface area contributed by atoms with Crippen LogP contribution < -0.4 is 11.1 Å². The van der Waals surface area contributed by atoms with Crippen molar-refractivity contribution in [1.82, 2.24) is 10.2 Å². The average Bonchev–Trinajstić information content (AvgIpc) is 3.12. The van der Waals surface area contributed by atoms with E-state index in [1.54, 1.807) is 12.1 Å². The van der Waals surface area contributed by atoms with Crippen molar-refractivity contribution in [2.24, 2.45) is 11.7 Å². The minimum Gasteiger partial charge on any atom is -0.348 e. The Morgan fingerprint density at radius 1 is 0.892 bits per heavy atom. The molecule has 0 radical (unpaired) electrons. The molecule has 0 aliphatic carbocycles. The molecule has 1 unspecified atom stereocenters. The smallest absolute Gasteiger partial charge is 0.251 e. The van der Waals surface area contributed by atoms with Gasteiger partial charge >= 0.3 is 0 Å². The highest BCUT2D eigenvalue weighted by atomic mass is 19.2. The van der Waals surface area contributed by atoms with Crippen LogP contribution in [0.25, 0.3) is 0 Å². The summed E-state index contributed by atoms with van der Waals surface area (Å²) >= 11 is 0. The number of hydrogen-bond acceptors (Lipinski definition) is 3. The number of rotatable bonds is 8. The largest absolute Gasteiger partial charge is 0.348 e. The van der Waals surface area contributed by atoms with Crippen LogP contribution in [0.15, 0.2) is 66.7 Å². The van der Waals surface area contributed by atoms with Crippen molar-refractivity contribution in [3.63, 3.8) is 0 Å². The van der Waals surface area contributed by atoms with Gasteiger partial charge in [-0.25, -0.2) is 13.2 Å². The van der Waals surface area contributed by atoms with Gasteiger partial charge in [-0.3, -0.25) is 9.69 Å². The molecule has 0 spiro atoms. The van der Waals surface area contributed by atoms with Crippen LogP contribution in [-0.4, -0.2) is 28.9 Å². The summed E-state index contributed by atoms with van der Waals surface area (Å²) in [5.41, 5.74) is 9.51. The van der Waals surface area contributed by atoms with E-state index < -0.39 is 17.5 Å². The summed E-state index contributed by atoms with van der Waals surface area (Å²) in [4.78, 5) is 14.9. The number of carbonyl (C=O) groups excluding carboxylic acids is 1. The molecule has 0 aromatic heterocycles. The Labute approximate surface area is 215 Å². The zero-order chi connectivity index (χ0) is 25.9. The van der Waals surface area contributed by atoms with Crippen LogP contribution in [-0.2, 0) is 19.5 Å². The summed E-state index contributed by atoms with van der Waals surface area (Å²) in [7, 11) is 0. The number of fused-ring (bicyclic) bond motifs is 2. The zero-order valence-electron chi connectivity index (χ0n) is 20.7. The molecule has 2 fully saturated rings. The standard InChI is InChI=1S/C30H32F3N3O/c31-26-16-28(33)27(32)14-22(26)15-29(34)23-12-24-9-10-25(13-23)36(24)18-20-6-4-5-19(11-20)17-35-30(37)21-7-2-1-3-8-21/h1-8,11,14,16,23-25,29H,9-10,12-13,15,17-18,34H2,(H,35,37)/t23?,24-,25+,29-/m1/s1. The number of nitrogens with zero attached hydrogens (tertiary/aromatic N) is 1. The maximum absolute atomic E-state index is 14.2. The quantitative estimate of drug-likeness (QED) is 0.405. The summed E-state index contributed by atoms with van der Waals surface area (Å²) in [6.45, 7) is 1.29. The number of benzene rings is 3. The van der Waals surface area contributed by atoms with Crippen LogP contribution in [0.3, 0.4) is 0 Å². The van der Waals surface area contributed by atoms with E-state index in [9.17, 15) is 18.0 Å². The van der Waals surface area contributed by atoms with Crippen LogP contribution in [0.5, 0.6) is 0 Å². The third-order valence-corrected chi connectivity index (χ3v) is 7.92. The number of hydrogen-bond donors (Lipinski definition) is 2.